The van der Waals surface area contributed by atoms with E-state index in [9.17, 15) is 4.79 Å². The van der Waals surface area contributed by atoms with Gasteiger partial charge in [-0.25, -0.2) is 0 Å². The van der Waals surface area contributed by atoms with Crippen molar-refractivity contribution in [3.05, 3.63) is 12.2 Å². The highest BCUT2D eigenvalue weighted by atomic mass is 16.5. The second-order valence-corrected chi connectivity index (χ2v) is 3.23. The number of rotatable bonds is 1. The zero-order valence-corrected chi connectivity index (χ0v) is 7.03. The highest BCUT2D eigenvalue weighted by molar-refractivity contribution is 5.77. The van der Waals surface area contributed by atoms with Crippen LogP contribution in [-0.2, 0) is 9.53 Å². The minimum atomic E-state index is -0.0368. The van der Waals surface area contributed by atoms with Gasteiger partial charge in [0.05, 0.1) is 6.61 Å². The molecule has 1 fully saturated rings. The lowest BCUT2D eigenvalue weighted by Crippen LogP contribution is -2.40. The largest absolute Gasteiger partial charge is 0.464 e. The Labute approximate surface area is 72.0 Å². The average Bonchev–Trinajstić information content (AvgIpc) is 2.53. The molecule has 0 aliphatic carbocycles. The number of carbonyl (C=O) groups excluding carboxylic acids is 1. The summed E-state index contributed by atoms with van der Waals surface area (Å²) in [5.41, 5.74) is 0. The van der Waals surface area contributed by atoms with Crippen molar-refractivity contribution in [2.75, 3.05) is 19.7 Å². The molecule has 66 valence electrons. The molecule has 0 spiro atoms. The van der Waals surface area contributed by atoms with Crippen LogP contribution in [0, 0.1) is 0 Å². The molecule has 1 saturated heterocycles. The van der Waals surface area contributed by atoms with E-state index in [0.717, 1.165) is 25.9 Å². The summed E-state index contributed by atoms with van der Waals surface area (Å²) in [6.45, 7) is 2.50. The summed E-state index contributed by atoms with van der Waals surface area (Å²) in [6, 6.07) is 0.0370. The molecule has 0 amide bonds. The Balaban J connectivity index is 1.99. The monoisotopic (exact) mass is 167 g/mol. The molecule has 2 heterocycles. The quantitative estimate of drug-likeness (QED) is 0.422. The summed E-state index contributed by atoms with van der Waals surface area (Å²) in [6.07, 6.45) is 6.21. The van der Waals surface area contributed by atoms with Gasteiger partial charge in [-0.2, -0.15) is 0 Å². The molecular formula is C9H13NO2. The van der Waals surface area contributed by atoms with Gasteiger partial charge in [-0.3, -0.25) is 9.69 Å². The van der Waals surface area contributed by atoms with Gasteiger partial charge in [-0.05, 0) is 6.42 Å². The molecule has 3 heteroatoms. The van der Waals surface area contributed by atoms with Gasteiger partial charge in [0, 0.05) is 19.5 Å². The fourth-order valence-corrected chi connectivity index (χ4v) is 1.76. The molecule has 0 saturated carbocycles. The Morgan fingerprint density at radius 3 is 3.00 bits per heavy atom. The fourth-order valence-electron chi connectivity index (χ4n) is 1.76. The number of ether oxygens (including phenoxy) is 1. The van der Waals surface area contributed by atoms with Crippen LogP contribution in [0.3, 0.4) is 0 Å². The summed E-state index contributed by atoms with van der Waals surface area (Å²) in [5, 5.41) is 0. The van der Waals surface area contributed by atoms with E-state index in [1.807, 2.05) is 0 Å². The molecule has 0 aromatic rings. The zero-order valence-electron chi connectivity index (χ0n) is 7.03. The summed E-state index contributed by atoms with van der Waals surface area (Å²) < 4.78 is 4.91. The van der Waals surface area contributed by atoms with Gasteiger partial charge in [-0.1, -0.05) is 12.2 Å². The Morgan fingerprint density at radius 1 is 1.50 bits per heavy atom. The SMILES string of the molecule is O=C1OCCC1N1CC=CCC1. The molecule has 1 atom stereocenters. The minimum Gasteiger partial charge on any atom is -0.464 e. The molecule has 0 aromatic carbocycles. The van der Waals surface area contributed by atoms with Crippen LogP contribution in [-0.4, -0.2) is 36.6 Å². The van der Waals surface area contributed by atoms with Crippen molar-refractivity contribution in [1.29, 1.82) is 0 Å². The third-order valence-corrected chi connectivity index (χ3v) is 2.44. The smallest absolute Gasteiger partial charge is 0.323 e. The van der Waals surface area contributed by atoms with Gasteiger partial charge in [0.15, 0.2) is 0 Å². The lowest BCUT2D eigenvalue weighted by atomic mass is 10.1. The standard InChI is InChI=1S/C9H13NO2/c11-9-8(4-7-12-9)10-5-2-1-3-6-10/h1-2,8H,3-7H2. The van der Waals surface area contributed by atoms with Crippen molar-refractivity contribution in [3.63, 3.8) is 0 Å². The molecule has 0 N–H and O–H groups in total. The van der Waals surface area contributed by atoms with Crippen molar-refractivity contribution < 1.29 is 9.53 Å². The van der Waals surface area contributed by atoms with Crippen LogP contribution < -0.4 is 0 Å². The molecular weight excluding hydrogens is 154 g/mol. The Bertz CT molecular complexity index is 213. The van der Waals surface area contributed by atoms with Gasteiger partial charge in [0.2, 0.25) is 0 Å². The Kier molecular flexibility index (Phi) is 2.13. The zero-order chi connectivity index (χ0) is 8.39. The van der Waals surface area contributed by atoms with Crippen molar-refractivity contribution in [3.8, 4) is 0 Å². The number of hydrogen-bond donors (Lipinski definition) is 0. The second kappa shape index (κ2) is 3.27. The predicted molar refractivity (Wildman–Crippen MR) is 44.7 cm³/mol. The van der Waals surface area contributed by atoms with E-state index in [2.05, 4.69) is 17.1 Å². The summed E-state index contributed by atoms with van der Waals surface area (Å²) >= 11 is 0. The van der Waals surface area contributed by atoms with E-state index in [0.29, 0.717) is 6.61 Å². The maximum absolute atomic E-state index is 11.2. The van der Waals surface area contributed by atoms with Crippen molar-refractivity contribution in [1.82, 2.24) is 4.90 Å². The fraction of sp³-hybridized carbons (Fsp3) is 0.667. The first-order valence-electron chi connectivity index (χ1n) is 4.43. The van der Waals surface area contributed by atoms with Crippen LogP contribution in [0.1, 0.15) is 12.8 Å². The molecule has 2 rings (SSSR count). The van der Waals surface area contributed by atoms with Gasteiger partial charge < -0.3 is 4.74 Å². The second-order valence-electron chi connectivity index (χ2n) is 3.23. The minimum absolute atomic E-state index is 0.0368. The number of nitrogens with zero attached hydrogens (tertiary/aromatic N) is 1. The number of esters is 1. The van der Waals surface area contributed by atoms with Crippen LogP contribution >= 0.6 is 0 Å². The highest BCUT2D eigenvalue weighted by Gasteiger charge is 2.31. The topological polar surface area (TPSA) is 29.5 Å². The van der Waals surface area contributed by atoms with Crippen LogP contribution in [0.15, 0.2) is 12.2 Å². The molecule has 2 aliphatic heterocycles. The van der Waals surface area contributed by atoms with E-state index >= 15 is 0 Å². The van der Waals surface area contributed by atoms with E-state index in [4.69, 9.17) is 4.74 Å². The number of carbonyl (C=O) groups is 1. The molecule has 1 unspecified atom stereocenters. The first-order chi connectivity index (χ1) is 5.88. The Morgan fingerprint density at radius 2 is 2.42 bits per heavy atom. The molecule has 12 heavy (non-hydrogen) atoms. The van der Waals surface area contributed by atoms with Crippen molar-refractivity contribution >= 4 is 5.97 Å². The van der Waals surface area contributed by atoms with Crippen LogP contribution in [0.2, 0.25) is 0 Å². The third-order valence-electron chi connectivity index (χ3n) is 2.44. The van der Waals surface area contributed by atoms with E-state index in [1.54, 1.807) is 0 Å². The van der Waals surface area contributed by atoms with Gasteiger partial charge >= 0.3 is 5.97 Å². The molecule has 0 aromatic heterocycles. The summed E-state index contributed by atoms with van der Waals surface area (Å²) in [7, 11) is 0. The van der Waals surface area contributed by atoms with E-state index in [-0.39, 0.29) is 12.0 Å². The lowest BCUT2D eigenvalue weighted by molar-refractivity contribution is -0.142. The first kappa shape index (κ1) is 7.80. The summed E-state index contributed by atoms with van der Waals surface area (Å²) in [5.74, 6) is -0.0368. The average molecular weight is 167 g/mol. The molecule has 3 nitrogen and oxygen atoms in total. The number of cyclic esters (lactones) is 1. The lowest BCUT2D eigenvalue weighted by Gasteiger charge is -2.26. The Hall–Kier alpha value is -0.830. The van der Waals surface area contributed by atoms with E-state index < -0.39 is 0 Å². The van der Waals surface area contributed by atoms with Crippen molar-refractivity contribution in [2.24, 2.45) is 0 Å². The molecule has 0 bridgehead atoms. The van der Waals surface area contributed by atoms with Gasteiger partial charge in [0.25, 0.3) is 0 Å². The third kappa shape index (κ3) is 1.37. The molecule has 2 aliphatic rings. The normalized spacial score (nSPS) is 30.7. The number of hydrogen-bond acceptors (Lipinski definition) is 3. The maximum Gasteiger partial charge on any atom is 0.323 e. The van der Waals surface area contributed by atoms with E-state index in [1.165, 1.54) is 0 Å². The molecule has 0 radical (unpaired) electrons. The van der Waals surface area contributed by atoms with Crippen LogP contribution in [0.5, 0.6) is 0 Å². The van der Waals surface area contributed by atoms with Gasteiger partial charge in [0.1, 0.15) is 6.04 Å². The summed E-state index contributed by atoms with van der Waals surface area (Å²) in [4.78, 5) is 13.4. The van der Waals surface area contributed by atoms with Gasteiger partial charge in [-0.15, -0.1) is 0 Å². The first-order valence-corrected chi connectivity index (χ1v) is 4.43. The van der Waals surface area contributed by atoms with Crippen LogP contribution in [0.25, 0.3) is 0 Å². The van der Waals surface area contributed by atoms with Crippen molar-refractivity contribution in [2.45, 2.75) is 18.9 Å². The predicted octanol–water partition coefficient (Wildman–Crippen LogP) is 0.564. The maximum atomic E-state index is 11.2. The highest BCUT2D eigenvalue weighted by Crippen LogP contribution is 2.16. The van der Waals surface area contributed by atoms with Crippen LogP contribution in [0.4, 0.5) is 0 Å².